The van der Waals surface area contributed by atoms with Crippen molar-refractivity contribution in [1.29, 1.82) is 0 Å². The van der Waals surface area contributed by atoms with Gasteiger partial charge in [0, 0.05) is 6.42 Å². The molecule has 0 saturated carbocycles. The first kappa shape index (κ1) is 10.1. The standard InChI is InChI=1S/C9H11F2NO/c10-9(7-12,13-11)6-8-4-2-1-3-5-8/h1-5H,6-7,12H2. The molecule has 0 radical (unpaired) electrons. The van der Waals surface area contributed by atoms with Gasteiger partial charge in [-0.15, -0.1) is 0 Å². The summed E-state index contributed by atoms with van der Waals surface area (Å²) in [7, 11) is 0. The van der Waals surface area contributed by atoms with Crippen molar-refractivity contribution in [2.75, 3.05) is 6.54 Å². The Labute approximate surface area is 75.2 Å². The minimum atomic E-state index is -2.40. The number of benzene rings is 1. The van der Waals surface area contributed by atoms with Crippen LogP contribution in [-0.2, 0) is 11.4 Å². The van der Waals surface area contributed by atoms with Gasteiger partial charge in [0.25, 0.3) is 5.85 Å². The molecule has 0 fully saturated rings. The molecule has 0 heterocycles. The molecule has 1 unspecified atom stereocenters. The summed E-state index contributed by atoms with van der Waals surface area (Å²) >= 11 is 0. The molecule has 1 aromatic rings. The molecule has 0 saturated heterocycles. The van der Waals surface area contributed by atoms with Crippen LogP contribution in [0.25, 0.3) is 0 Å². The molecule has 0 aliphatic rings. The highest BCUT2D eigenvalue weighted by Gasteiger charge is 2.30. The lowest BCUT2D eigenvalue weighted by atomic mass is 10.1. The summed E-state index contributed by atoms with van der Waals surface area (Å²) in [4.78, 5) is 3.20. The van der Waals surface area contributed by atoms with E-state index >= 15 is 0 Å². The Kier molecular flexibility index (Phi) is 3.33. The van der Waals surface area contributed by atoms with Gasteiger partial charge in [-0.2, -0.15) is 4.94 Å². The van der Waals surface area contributed by atoms with E-state index in [1.54, 1.807) is 30.3 Å². The molecule has 0 amide bonds. The molecule has 0 spiro atoms. The lowest BCUT2D eigenvalue weighted by Gasteiger charge is -2.17. The maximum absolute atomic E-state index is 13.2. The predicted molar refractivity (Wildman–Crippen MR) is 45.2 cm³/mol. The molecule has 72 valence electrons. The Hall–Kier alpha value is -1.00. The molecular weight excluding hydrogens is 176 g/mol. The Morgan fingerprint density at radius 1 is 1.31 bits per heavy atom. The van der Waals surface area contributed by atoms with Gasteiger partial charge in [-0.3, -0.25) is 0 Å². The number of nitrogens with two attached hydrogens (primary N) is 1. The Morgan fingerprint density at radius 3 is 2.38 bits per heavy atom. The van der Waals surface area contributed by atoms with E-state index in [0.717, 1.165) is 0 Å². The fourth-order valence-corrected chi connectivity index (χ4v) is 1.03. The molecule has 2 nitrogen and oxygen atoms in total. The predicted octanol–water partition coefficient (Wildman–Crippen LogP) is 1.75. The second kappa shape index (κ2) is 4.30. The molecule has 13 heavy (non-hydrogen) atoms. The summed E-state index contributed by atoms with van der Waals surface area (Å²) in [6, 6.07) is 8.64. The zero-order valence-corrected chi connectivity index (χ0v) is 7.04. The van der Waals surface area contributed by atoms with E-state index < -0.39 is 12.4 Å². The molecule has 1 rings (SSSR count). The van der Waals surface area contributed by atoms with Crippen molar-refractivity contribution in [3.8, 4) is 0 Å². The Bertz CT molecular complexity index is 249. The van der Waals surface area contributed by atoms with Crippen molar-refractivity contribution >= 4 is 0 Å². The van der Waals surface area contributed by atoms with Crippen LogP contribution in [0.2, 0.25) is 0 Å². The maximum atomic E-state index is 13.2. The number of halogens is 2. The summed E-state index contributed by atoms with van der Waals surface area (Å²) in [5.41, 5.74) is 5.67. The van der Waals surface area contributed by atoms with Gasteiger partial charge in [0.05, 0.1) is 6.54 Å². The van der Waals surface area contributed by atoms with Gasteiger partial charge >= 0.3 is 0 Å². The van der Waals surface area contributed by atoms with Crippen LogP contribution in [0.1, 0.15) is 5.56 Å². The zero-order valence-electron chi connectivity index (χ0n) is 7.04. The van der Waals surface area contributed by atoms with Crippen LogP contribution in [0, 0.1) is 0 Å². The SMILES string of the molecule is NCC(F)(Cc1ccccc1)OF. The fourth-order valence-electron chi connectivity index (χ4n) is 1.03. The van der Waals surface area contributed by atoms with Crippen molar-refractivity contribution in [2.24, 2.45) is 5.73 Å². The van der Waals surface area contributed by atoms with E-state index in [1.165, 1.54) is 0 Å². The lowest BCUT2D eigenvalue weighted by molar-refractivity contribution is -0.287. The summed E-state index contributed by atoms with van der Waals surface area (Å²) in [6.45, 7) is -0.502. The fraction of sp³-hybridized carbons (Fsp3) is 0.333. The summed E-state index contributed by atoms with van der Waals surface area (Å²) in [5, 5.41) is 0. The van der Waals surface area contributed by atoms with Crippen molar-refractivity contribution in [2.45, 2.75) is 12.3 Å². The highest BCUT2D eigenvalue weighted by Crippen LogP contribution is 2.18. The molecule has 1 aromatic carbocycles. The van der Waals surface area contributed by atoms with Gasteiger partial charge in [-0.1, -0.05) is 30.3 Å². The van der Waals surface area contributed by atoms with Gasteiger partial charge in [-0.25, -0.2) is 4.39 Å². The molecule has 0 aromatic heterocycles. The summed E-state index contributed by atoms with van der Waals surface area (Å²) in [6.07, 6.45) is -0.180. The van der Waals surface area contributed by atoms with Gasteiger partial charge in [0.15, 0.2) is 0 Å². The minimum absolute atomic E-state index is 0.180. The van der Waals surface area contributed by atoms with E-state index in [9.17, 15) is 8.92 Å². The van der Waals surface area contributed by atoms with E-state index in [-0.39, 0.29) is 6.42 Å². The normalized spacial score (nSPS) is 15.3. The van der Waals surface area contributed by atoms with Crippen LogP contribution in [0.3, 0.4) is 0 Å². The van der Waals surface area contributed by atoms with E-state index in [0.29, 0.717) is 5.56 Å². The molecule has 0 bridgehead atoms. The van der Waals surface area contributed by atoms with Gasteiger partial charge < -0.3 is 5.73 Å². The zero-order chi connectivity index (χ0) is 9.73. The molecule has 0 aliphatic heterocycles. The highest BCUT2D eigenvalue weighted by atomic mass is 19.3. The van der Waals surface area contributed by atoms with Crippen molar-refractivity contribution in [3.05, 3.63) is 35.9 Å². The van der Waals surface area contributed by atoms with Crippen LogP contribution >= 0.6 is 0 Å². The molecule has 1 atom stereocenters. The Morgan fingerprint density at radius 2 is 1.92 bits per heavy atom. The maximum Gasteiger partial charge on any atom is 0.262 e. The lowest BCUT2D eigenvalue weighted by Crippen LogP contribution is -2.36. The van der Waals surface area contributed by atoms with E-state index in [2.05, 4.69) is 4.94 Å². The number of hydrogen-bond donors (Lipinski definition) is 1. The third kappa shape index (κ3) is 2.75. The van der Waals surface area contributed by atoms with Crippen LogP contribution in [0.15, 0.2) is 30.3 Å². The van der Waals surface area contributed by atoms with Gasteiger partial charge in [0.2, 0.25) is 0 Å². The number of hydrogen-bond acceptors (Lipinski definition) is 2. The molecule has 0 aliphatic carbocycles. The van der Waals surface area contributed by atoms with Crippen molar-refractivity contribution < 1.29 is 13.9 Å². The van der Waals surface area contributed by atoms with Crippen LogP contribution < -0.4 is 5.73 Å². The monoisotopic (exact) mass is 187 g/mol. The van der Waals surface area contributed by atoms with E-state index in [4.69, 9.17) is 5.73 Å². The minimum Gasteiger partial charge on any atom is -0.325 e. The van der Waals surface area contributed by atoms with Gasteiger partial charge in [-0.05, 0) is 10.1 Å². The van der Waals surface area contributed by atoms with Crippen LogP contribution in [0.4, 0.5) is 8.92 Å². The average Bonchev–Trinajstić information content (AvgIpc) is 2.19. The third-order valence-corrected chi connectivity index (χ3v) is 1.75. The van der Waals surface area contributed by atoms with Crippen molar-refractivity contribution in [3.63, 3.8) is 0 Å². The first-order valence-electron chi connectivity index (χ1n) is 3.93. The van der Waals surface area contributed by atoms with E-state index in [1.807, 2.05) is 0 Å². The quantitative estimate of drug-likeness (QED) is 0.779. The Balaban J connectivity index is 2.68. The number of rotatable bonds is 4. The highest BCUT2D eigenvalue weighted by molar-refractivity contribution is 5.16. The van der Waals surface area contributed by atoms with Gasteiger partial charge in [0.1, 0.15) is 0 Å². The van der Waals surface area contributed by atoms with Crippen LogP contribution in [-0.4, -0.2) is 12.4 Å². The first-order chi connectivity index (χ1) is 6.20. The summed E-state index contributed by atoms with van der Waals surface area (Å²) in [5.74, 6) is -2.40. The third-order valence-electron chi connectivity index (χ3n) is 1.75. The second-order valence-electron chi connectivity index (χ2n) is 2.83. The first-order valence-corrected chi connectivity index (χ1v) is 3.93. The topological polar surface area (TPSA) is 35.2 Å². The number of alkyl halides is 1. The molecule has 2 N–H and O–H groups in total. The second-order valence-corrected chi connectivity index (χ2v) is 2.83. The average molecular weight is 187 g/mol. The molecular formula is C9H11F2NO. The summed E-state index contributed by atoms with van der Waals surface area (Å²) < 4.78 is 25.0. The molecule has 4 heteroatoms. The largest absolute Gasteiger partial charge is 0.325 e. The van der Waals surface area contributed by atoms with Crippen molar-refractivity contribution in [1.82, 2.24) is 0 Å². The smallest absolute Gasteiger partial charge is 0.262 e. The van der Waals surface area contributed by atoms with Crippen LogP contribution in [0.5, 0.6) is 0 Å².